The molecule has 0 radical (unpaired) electrons. The minimum Gasteiger partial charge on any atom is -0.506 e. The number of carboxylic acids is 1. The molecule has 0 aliphatic rings. The molecule has 0 saturated heterocycles. The van der Waals surface area contributed by atoms with Crippen molar-refractivity contribution >= 4 is 44.6 Å². The molecule has 1 aromatic heterocycles. The summed E-state index contributed by atoms with van der Waals surface area (Å²) in [7, 11) is 3.63. The third-order valence-electron chi connectivity index (χ3n) is 4.32. The second kappa shape index (κ2) is 7.73. The predicted octanol–water partition coefficient (Wildman–Crippen LogP) is 4.36. The molecule has 136 valence electrons. The van der Waals surface area contributed by atoms with Gasteiger partial charge in [-0.1, -0.05) is 18.2 Å². The van der Waals surface area contributed by atoms with E-state index in [2.05, 4.69) is 21.2 Å². The molecule has 3 N–H and O–H groups in total. The number of nitrogens with one attached hydrogen (secondary N) is 1. The Kier molecular flexibility index (Phi) is 5.60. The molecular formula is C19H19BrN2O3S. The Hall–Kier alpha value is -1.96. The van der Waals surface area contributed by atoms with Crippen LogP contribution in [0.25, 0.3) is 10.9 Å². The van der Waals surface area contributed by atoms with Crippen LogP contribution in [0.5, 0.6) is 5.75 Å². The largest absolute Gasteiger partial charge is 0.506 e. The van der Waals surface area contributed by atoms with Crippen molar-refractivity contribution in [2.75, 3.05) is 7.05 Å². The number of halogens is 1. The summed E-state index contributed by atoms with van der Waals surface area (Å²) in [5, 5.41) is 23.9. The molecule has 0 saturated carbocycles. The van der Waals surface area contributed by atoms with E-state index in [1.165, 1.54) is 0 Å². The number of phenols is 1. The smallest absolute Gasteiger partial charge is 0.338 e. The lowest BCUT2D eigenvalue weighted by Crippen LogP contribution is -2.08. The lowest BCUT2D eigenvalue weighted by molar-refractivity contribution is 0.0698. The third-order valence-corrected chi connectivity index (χ3v) is 5.95. The standard InChI is InChI=1S/C19H19BrN2O3S/c1-21-9-12-16-14(8-13(20)18(12)23)22(2)15(17(16)19(24)25)10-26-11-6-4-3-5-7-11/h3-8,21,23H,9-10H2,1-2H3,(H,24,25). The van der Waals surface area contributed by atoms with Gasteiger partial charge in [-0.3, -0.25) is 0 Å². The molecule has 0 spiro atoms. The zero-order chi connectivity index (χ0) is 18.8. The first-order valence-electron chi connectivity index (χ1n) is 8.03. The van der Waals surface area contributed by atoms with Crippen LogP contribution in [-0.2, 0) is 19.3 Å². The van der Waals surface area contributed by atoms with Crippen molar-refractivity contribution in [3.8, 4) is 5.75 Å². The van der Waals surface area contributed by atoms with Crippen LogP contribution in [0.4, 0.5) is 0 Å². The van der Waals surface area contributed by atoms with Crippen molar-refractivity contribution in [3.05, 3.63) is 57.7 Å². The van der Waals surface area contributed by atoms with Gasteiger partial charge in [-0.05, 0) is 41.2 Å². The Morgan fingerprint density at radius 1 is 1.31 bits per heavy atom. The SMILES string of the molecule is CNCc1c(O)c(Br)cc2c1c(C(=O)O)c(CSc1ccccc1)n2C. The van der Waals surface area contributed by atoms with E-state index in [0.717, 1.165) is 16.1 Å². The van der Waals surface area contributed by atoms with E-state index in [1.54, 1.807) is 24.9 Å². The molecule has 7 heteroatoms. The maximum absolute atomic E-state index is 12.1. The summed E-state index contributed by atoms with van der Waals surface area (Å²) in [6, 6.07) is 11.6. The zero-order valence-electron chi connectivity index (χ0n) is 14.4. The molecule has 3 aromatic rings. The summed E-state index contributed by atoms with van der Waals surface area (Å²) >= 11 is 4.96. The average Bonchev–Trinajstić information content (AvgIpc) is 2.90. The van der Waals surface area contributed by atoms with Crippen molar-refractivity contribution in [3.63, 3.8) is 0 Å². The number of phenolic OH excluding ortho intramolecular Hbond substituents is 1. The Labute approximate surface area is 164 Å². The first-order chi connectivity index (χ1) is 12.5. The molecule has 0 amide bonds. The lowest BCUT2D eigenvalue weighted by Gasteiger charge is -2.09. The number of carbonyl (C=O) groups is 1. The molecule has 0 bridgehead atoms. The van der Waals surface area contributed by atoms with Crippen LogP contribution >= 0.6 is 27.7 Å². The minimum atomic E-state index is -0.988. The summed E-state index contributed by atoms with van der Waals surface area (Å²) in [6.45, 7) is 0.372. The van der Waals surface area contributed by atoms with Gasteiger partial charge in [0.15, 0.2) is 0 Å². The van der Waals surface area contributed by atoms with Crippen LogP contribution in [0, 0.1) is 0 Å². The van der Waals surface area contributed by atoms with Gasteiger partial charge in [0.05, 0.1) is 15.6 Å². The van der Waals surface area contributed by atoms with Crippen molar-refractivity contribution < 1.29 is 15.0 Å². The van der Waals surface area contributed by atoms with Crippen LogP contribution < -0.4 is 5.32 Å². The van der Waals surface area contributed by atoms with Gasteiger partial charge in [-0.2, -0.15) is 0 Å². The van der Waals surface area contributed by atoms with Gasteiger partial charge in [0, 0.05) is 40.9 Å². The quantitative estimate of drug-likeness (QED) is 0.502. The Bertz CT molecular complexity index is 970. The number of aromatic hydroxyl groups is 1. The van der Waals surface area contributed by atoms with Crippen LogP contribution in [0.1, 0.15) is 21.6 Å². The minimum absolute atomic E-state index is 0.0715. The maximum atomic E-state index is 12.1. The molecule has 0 unspecified atom stereocenters. The monoisotopic (exact) mass is 434 g/mol. The summed E-state index contributed by atoms with van der Waals surface area (Å²) in [5.41, 5.74) is 2.33. The van der Waals surface area contributed by atoms with E-state index in [0.29, 0.717) is 27.7 Å². The number of aromatic nitrogens is 1. The molecule has 0 aliphatic heterocycles. The van der Waals surface area contributed by atoms with Gasteiger partial charge in [-0.25, -0.2) is 4.79 Å². The molecule has 2 aromatic carbocycles. The summed E-state index contributed by atoms with van der Waals surface area (Å²) in [5.74, 6) is -0.394. The van der Waals surface area contributed by atoms with Gasteiger partial charge in [0.1, 0.15) is 5.75 Å². The Morgan fingerprint density at radius 2 is 2.00 bits per heavy atom. The molecule has 5 nitrogen and oxygen atoms in total. The number of aromatic carboxylic acids is 1. The predicted molar refractivity (Wildman–Crippen MR) is 108 cm³/mol. The van der Waals surface area contributed by atoms with E-state index < -0.39 is 5.97 Å². The van der Waals surface area contributed by atoms with Crippen LogP contribution in [0.3, 0.4) is 0 Å². The number of thioether (sulfide) groups is 1. The van der Waals surface area contributed by atoms with Crippen molar-refractivity contribution in [2.24, 2.45) is 7.05 Å². The van der Waals surface area contributed by atoms with Gasteiger partial charge in [0.2, 0.25) is 0 Å². The number of nitrogens with zero attached hydrogens (tertiary/aromatic N) is 1. The fourth-order valence-corrected chi connectivity index (χ4v) is 4.54. The highest BCUT2D eigenvalue weighted by Gasteiger charge is 2.25. The normalized spacial score (nSPS) is 11.2. The number of carboxylic acid groups (broad SMARTS) is 1. The second-order valence-electron chi connectivity index (χ2n) is 5.90. The highest BCUT2D eigenvalue weighted by atomic mass is 79.9. The molecule has 0 atom stereocenters. The van der Waals surface area contributed by atoms with Gasteiger partial charge in [0.25, 0.3) is 0 Å². The average molecular weight is 435 g/mol. The first-order valence-corrected chi connectivity index (χ1v) is 9.80. The van der Waals surface area contributed by atoms with Crippen molar-refractivity contribution in [2.45, 2.75) is 17.2 Å². The number of hydrogen-bond donors (Lipinski definition) is 3. The lowest BCUT2D eigenvalue weighted by atomic mass is 10.0. The fourth-order valence-electron chi connectivity index (χ4n) is 3.10. The van der Waals surface area contributed by atoms with E-state index >= 15 is 0 Å². The fraction of sp³-hybridized carbons (Fsp3) is 0.211. The highest BCUT2D eigenvalue weighted by Crippen LogP contribution is 2.40. The topological polar surface area (TPSA) is 74.5 Å². The Morgan fingerprint density at radius 3 is 2.62 bits per heavy atom. The molecule has 1 heterocycles. The van der Waals surface area contributed by atoms with Crippen LogP contribution in [0.15, 0.2) is 45.8 Å². The van der Waals surface area contributed by atoms with E-state index in [4.69, 9.17) is 0 Å². The molecular weight excluding hydrogens is 416 g/mol. The molecule has 0 aliphatic carbocycles. The van der Waals surface area contributed by atoms with E-state index in [9.17, 15) is 15.0 Å². The van der Waals surface area contributed by atoms with E-state index in [-0.39, 0.29) is 11.3 Å². The number of aryl methyl sites for hydroxylation is 1. The number of rotatable bonds is 6. The first kappa shape index (κ1) is 18.8. The van der Waals surface area contributed by atoms with Gasteiger partial charge < -0.3 is 20.1 Å². The third kappa shape index (κ3) is 3.34. The van der Waals surface area contributed by atoms with Gasteiger partial charge >= 0.3 is 5.97 Å². The van der Waals surface area contributed by atoms with Crippen molar-refractivity contribution in [1.29, 1.82) is 0 Å². The number of benzene rings is 2. The summed E-state index contributed by atoms with van der Waals surface area (Å²) < 4.78 is 2.45. The number of fused-ring (bicyclic) bond motifs is 1. The molecule has 3 rings (SSSR count). The van der Waals surface area contributed by atoms with Crippen LogP contribution in [0.2, 0.25) is 0 Å². The molecule has 0 fully saturated rings. The maximum Gasteiger partial charge on any atom is 0.338 e. The number of hydrogen-bond acceptors (Lipinski definition) is 4. The van der Waals surface area contributed by atoms with Gasteiger partial charge in [-0.15, -0.1) is 11.8 Å². The molecule has 26 heavy (non-hydrogen) atoms. The highest BCUT2D eigenvalue weighted by molar-refractivity contribution is 9.10. The second-order valence-corrected chi connectivity index (χ2v) is 7.80. The zero-order valence-corrected chi connectivity index (χ0v) is 16.8. The van der Waals surface area contributed by atoms with Crippen molar-refractivity contribution in [1.82, 2.24) is 9.88 Å². The van der Waals surface area contributed by atoms with E-state index in [1.807, 2.05) is 41.9 Å². The summed E-state index contributed by atoms with van der Waals surface area (Å²) in [4.78, 5) is 13.2. The summed E-state index contributed by atoms with van der Waals surface area (Å²) in [6.07, 6.45) is 0. The Balaban J connectivity index is 2.19. The van der Waals surface area contributed by atoms with Crippen LogP contribution in [-0.4, -0.2) is 27.8 Å².